The first-order chi connectivity index (χ1) is 7.72. The van der Waals surface area contributed by atoms with Crippen LogP contribution in [0, 0.1) is 0 Å². The summed E-state index contributed by atoms with van der Waals surface area (Å²) in [4.78, 5) is 10.9. The average molecular weight is 213 g/mol. The van der Waals surface area contributed by atoms with Crippen molar-refractivity contribution >= 4 is 17.2 Å². The molecular formula is C14H15NO. The van der Waals surface area contributed by atoms with Crippen LogP contribution >= 0.6 is 0 Å². The predicted molar refractivity (Wildman–Crippen MR) is 66.8 cm³/mol. The summed E-state index contributed by atoms with van der Waals surface area (Å²) in [6, 6.07) is 7.98. The number of aromatic nitrogens is 1. The maximum atomic E-state index is 10.9. The minimum Gasteiger partial charge on any atom is -0.346 e. The summed E-state index contributed by atoms with van der Waals surface area (Å²) in [7, 11) is 0. The van der Waals surface area contributed by atoms with Gasteiger partial charge in [-0.25, -0.2) is 0 Å². The van der Waals surface area contributed by atoms with Gasteiger partial charge < -0.3 is 4.57 Å². The topological polar surface area (TPSA) is 22.0 Å². The Hall–Kier alpha value is -1.83. The van der Waals surface area contributed by atoms with Crippen LogP contribution in [0.1, 0.15) is 23.7 Å². The summed E-state index contributed by atoms with van der Waals surface area (Å²) in [5.74, 6) is 0. The molecule has 0 saturated heterocycles. The van der Waals surface area contributed by atoms with E-state index >= 15 is 0 Å². The third kappa shape index (κ3) is 1.91. The Balaban J connectivity index is 2.45. The molecule has 0 amide bonds. The highest BCUT2D eigenvalue weighted by Gasteiger charge is 2.06. The Bertz CT molecular complexity index is 537. The van der Waals surface area contributed by atoms with E-state index in [2.05, 4.69) is 11.1 Å². The normalized spacial score (nSPS) is 10.6. The van der Waals surface area contributed by atoms with Crippen molar-refractivity contribution < 1.29 is 4.79 Å². The van der Waals surface area contributed by atoms with Gasteiger partial charge in [0.05, 0.1) is 0 Å². The molecule has 0 N–H and O–H groups in total. The number of fused-ring (bicyclic) bond motifs is 1. The molecule has 0 saturated carbocycles. The predicted octanol–water partition coefficient (Wildman–Crippen LogP) is 3.42. The number of hydrogen-bond acceptors (Lipinski definition) is 1. The van der Waals surface area contributed by atoms with Gasteiger partial charge in [-0.05, 0) is 19.4 Å². The first-order valence-corrected chi connectivity index (χ1v) is 5.40. The van der Waals surface area contributed by atoms with Crippen LogP contribution in [-0.2, 0) is 6.54 Å². The Morgan fingerprint density at radius 2 is 2.19 bits per heavy atom. The Labute approximate surface area is 95.2 Å². The molecule has 1 heterocycles. The minimum atomic E-state index is 0.761. The number of carbonyl (C=O) groups excluding carboxylic acids is 1. The highest BCUT2D eigenvalue weighted by Crippen LogP contribution is 2.20. The molecule has 0 aliphatic carbocycles. The van der Waals surface area contributed by atoms with E-state index in [1.54, 1.807) is 0 Å². The molecule has 0 atom stereocenters. The number of carbonyl (C=O) groups is 1. The van der Waals surface area contributed by atoms with E-state index in [9.17, 15) is 4.79 Å². The van der Waals surface area contributed by atoms with E-state index in [-0.39, 0.29) is 0 Å². The largest absolute Gasteiger partial charge is 0.346 e. The van der Waals surface area contributed by atoms with Crippen molar-refractivity contribution in [1.29, 1.82) is 0 Å². The lowest BCUT2D eigenvalue weighted by atomic mass is 10.2. The zero-order valence-electron chi connectivity index (χ0n) is 9.44. The zero-order valence-corrected chi connectivity index (χ0v) is 9.44. The van der Waals surface area contributed by atoms with Crippen molar-refractivity contribution in [2.45, 2.75) is 19.9 Å². The Morgan fingerprint density at radius 1 is 1.44 bits per heavy atom. The van der Waals surface area contributed by atoms with Crippen LogP contribution in [0.5, 0.6) is 0 Å². The van der Waals surface area contributed by atoms with Crippen LogP contribution in [0.25, 0.3) is 10.9 Å². The standard InChI is InChI=1S/C14H15NO/c1-11(2)7-8-15-9-12(10-16)13-5-3-4-6-14(13)15/h3-6,9-10H,1,7-8H2,2H3. The van der Waals surface area contributed by atoms with Crippen molar-refractivity contribution in [2.75, 3.05) is 0 Å². The van der Waals surface area contributed by atoms with Crippen LogP contribution in [0.4, 0.5) is 0 Å². The smallest absolute Gasteiger partial charge is 0.152 e. The highest BCUT2D eigenvalue weighted by atomic mass is 16.1. The summed E-state index contributed by atoms with van der Waals surface area (Å²) >= 11 is 0. The lowest BCUT2D eigenvalue weighted by Crippen LogP contribution is -1.95. The fourth-order valence-electron chi connectivity index (χ4n) is 1.87. The van der Waals surface area contributed by atoms with Crippen molar-refractivity contribution in [1.82, 2.24) is 4.57 Å². The van der Waals surface area contributed by atoms with Crippen LogP contribution < -0.4 is 0 Å². The molecule has 0 bridgehead atoms. The van der Waals surface area contributed by atoms with Crippen LogP contribution in [0.3, 0.4) is 0 Å². The minimum absolute atomic E-state index is 0.761. The summed E-state index contributed by atoms with van der Waals surface area (Å²) in [5, 5.41) is 1.03. The quantitative estimate of drug-likeness (QED) is 0.563. The van der Waals surface area contributed by atoms with Gasteiger partial charge in [0.1, 0.15) is 0 Å². The van der Waals surface area contributed by atoms with Gasteiger partial charge in [-0.1, -0.05) is 23.8 Å². The zero-order chi connectivity index (χ0) is 11.5. The number of nitrogens with zero attached hydrogens (tertiary/aromatic N) is 1. The van der Waals surface area contributed by atoms with Gasteiger partial charge >= 0.3 is 0 Å². The van der Waals surface area contributed by atoms with Gasteiger partial charge in [0.2, 0.25) is 0 Å². The maximum Gasteiger partial charge on any atom is 0.152 e. The third-order valence-corrected chi connectivity index (χ3v) is 2.73. The molecule has 0 unspecified atom stereocenters. The summed E-state index contributed by atoms with van der Waals surface area (Å²) in [5.41, 5.74) is 3.04. The molecule has 82 valence electrons. The van der Waals surface area contributed by atoms with Gasteiger partial charge in [0, 0.05) is 29.2 Å². The molecule has 2 rings (SSSR count). The molecular weight excluding hydrogens is 198 g/mol. The van der Waals surface area contributed by atoms with Gasteiger partial charge in [0.15, 0.2) is 6.29 Å². The second-order valence-corrected chi connectivity index (χ2v) is 4.12. The molecule has 2 heteroatoms. The first kappa shape index (κ1) is 10.7. The molecule has 2 nitrogen and oxygen atoms in total. The monoisotopic (exact) mass is 213 g/mol. The number of hydrogen-bond donors (Lipinski definition) is 0. The molecule has 16 heavy (non-hydrogen) atoms. The van der Waals surface area contributed by atoms with Gasteiger partial charge in [-0.2, -0.15) is 0 Å². The number of aryl methyl sites for hydroxylation is 1. The van der Waals surface area contributed by atoms with Crippen LogP contribution in [0.15, 0.2) is 42.6 Å². The second-order valence-electron chi connectivity index (χ2n) is 4.12. The Kier molecular flexibility index (Phi) is 2.91. The van der Waals surface area contributed by atoms with E-state index in [0.717, 1.165) is 41.3 Å². The fraction of sp³-hybridized carbons (Fsp3) is 0.214. The summed E-state index contributed by atoms with van der Waals surface area (Å²) in [6.45, 7) is 6.79. The molecule has 0 spiro atoms. The highest BCUT2D eigenvalue weighted by molar-refractivity contribution is 5.97. The van der Waals surface area contributed by atoms with Gasteiger partial charge in [-0.3, -0.25) is 4.79 Å². The summed E-state index contributed by atoms with van der Waals surface area (Å²) in [6.07, 6.45) is 3.77. The van der Waals surface area contributed by atoms with E-state index in [1.165, 1.54) is 0 Å². The SMILES string of the molecule is C=C(C)CCn1cc(C=O)c2ccccc21. The molecule has 0 fully saturated rings. The third-order valence-electron chi connectivity index (χ3n) is 2.73. The molecule has 0 aliphatic heterocycles. The molecule has 1 aromatic carbocycles. The number of benzene rings is 1. The number of aldehydes is 1. The number of allylic oxidation sites excluding steroid dienone is 1. The van der Waals surface area contributed by atoms with Crippen LogP contribution in [0.2, 0.25) is 0 Å². The number of para-hydroxylation sites is 1. The molecule has 0 radical (unpaired) electrons. The number of rotatable bonds is 4. The van der Waals surface area contributed by atoms with Crippen molar-refractivity contribution in [2.24, 2.45) is 0 Å². The fourth-order valence-corrected chi connectivity index (χ4v) is 1.87. The molecule has 0 aliphatic rings. The Morgan fingerprint density at radius 3 is 2.88 bits per heavy atom. The van der Waals surface area contributed by atoms with E-state index in [4.69, 9.17) is 0 Å². The van der Waals surface area contributed by atoms with E-state index in [0.29, 0.717) is 0 Å². The van der Waals surface area contributed by atoms with Crippen molar-refractivity contribution in [3.05, 3.63) is 48.2 Å². The van der Waals surface area contributed by atoms with E-state index < -0.39 is 0 Å². The molecule has 2 aromatic rings. The lowest BCUT2D eigenvalue weighted by molar-refractivity contribution is 0.112. The average Bonchev–Trinajstić information content (AvgIpc) is 2.65. The van der Waals surface area contributed by atoms with Crippen molar-refractivity contribution in [3.8, 4) is 0 Å². The van der Waals surface area contributed by atoms with Crippen LogP contribution in [-0.4, -0.2) is 10.9 Å². The lowest BCUT2D eigenvalue weighted by Gasteiger charge is -2.04. The first-order valence-electron chi connectivity index (χ1n) is 5.40. The van der Waals surface area contributed by atoms with E-state index in [1.807, 2.05) is 37.4 Å². The van der Waals surface area contributed by atoms with Crippen molar-refractivity contribution in [3.63, 3.8) is 0 Å². The van der Waals surface area contributed by atoms with Gasteiger partial charge in [0.25, 0.3) is 0 Å². The summed E-state index contributed by atoms with van der Waals surface area (Å²) < 4.78 is 2.12. The van der Waals surface area contributed by atoms with Gasteiger partial charge in [-0.15, -0.1) is 6.58 Å². The molecule has 1 aromatic heterocycles. The second kappa shape index (κ2) is 4.35. The maximum absolute atomic E-state index is 10.9.